The number of nitrogens with one attached hydrogen (secondary N) is 3. The Bertz CT molecular complexity index is 1030. The second-order valence-corrected chi connectivity index (χ2v) is 7.41. The Morgan fingerprint density at radius 3 is 2.32 bits per heavy atom. The number of para-hydroxylation sites is 2. The Morgan fingerprint density at radius 2 is 1.54 bits per heavy atom. The van der Waals surface area contributed by atoms with Gasteiger partial charge in [0, 0.05) is 30.2 Å². The highest BCUT2D eigenvalue weighted by atomic mass is 16.1. The minimum atomic E-state index is -0.241. The van der Waals surface area contributed by atoms with Gasteiger partial charge in [-0.1, -0.05) is 48.5 Å². The number of aromatic amines is 1. The summed E-state index contributed by atoms with van der Waals surface area (Å²) < 4.78 is 0. The number of Topliss-reactive ketones (excluding diaryl/α,β-unsaturated/α-hetero) is 1. The number of rotatable bonds is 2. The van der Waals surface area contributed by atoms with E-state index in [0.29, 0.717) is 6.42 Å². The van der Waals surface area contributed by atoms with Crippen LogP contribution in [0.3, 0.4) is 0 Å². The second-order valence-electron chi connectivity index (χ2n) is 7.41. The Kier molecular flexibility index (Phi) is 4.17. The van der Waals surface area contributed by atoms with Crippen molar-refractivity contribution in [3.05, 3.63) is 102 Å². The molecule has 0 bridgehead atoms. The van der Waals surface area contributed by atoms with Crippen LogP contribution in [0.1, 0.15) is 29.5 Å². The molecule has 2 heterocycles. The molecule has 3 aromatic rings. The number of fused-ring (bicyclic) bond motifs is 2. The van der Waals surface area contributed by atoms with Crippen molar-refractivity contribution in [3.8, 4) is 0 Å². The molecule has 1 aromatic heterocycles. The highest BCUT2D eigenvalue weighted by Crippen LogP contribution is 2.44. The van der Waals surface area contributed by atoms with Crippen molar-refractivity contribution in [1.82, 2.24) is 0 Å². The van der Waals surface area contributed by atoms with Gasteiger partial charge in [0.25, 0.3) is 0 Å². The number of ketones is 1. The monoisotopic (exact) mass is 368 g/mol. The topological polar surface area (TPSA) is 55.3 Å². The van der Waals surface area contributed by atoms with Crippen LogP contribution in [0, 0.1) is 5.92 Å². The lowest BCUT2D eigenvalue weighted by Crippen LogP contribution is -2.34. The summed E-state index contributed by atoms with van der Waals surface area (Å²) in [5.74, 6) is 0.120. The molecule has 0 saturated heterocycles. The van der Waals surface area contributed by atoms with Crippen LogP contribution in [0.2, 0.25) is 0 Å². The Morgan fingerprint density at radius 1 is 0.821 bits per heavy atom. The highest BCUT2D eigenvalue weighted by Gasteiger charge is 2.39. The minimum absolute atomic E-state index is 0.0995. The van der Waals surface area contributed by atoms with Gasteiger partial charge < -0.3 is 10.6 Å². The van der Waals surface area contributed by atoms with E-state index in [1.54, 1.807) is 0 Å². The predicted molar refractivity (Wildman–Crippen MR) is 110 cm³/mol. The number of hydrogen-bond donors (Lipinski definition) is 2. The molecule has 4 nitrogen and oxygen atoms in total. The van der Waals surface area contributed by atoms with Gasteiger partial charge in [-0.05, 0) is 23.3 Å². The van der Waals surface area contributed by atoms with Crippen molar-refractivity contribution in [3.63, 3.8) is 0 Å². The highest BCUT2D eigenvalue weighted by molar-refractivity contribution is 5.90. The van der Waals surface area contributed by atoms with E-state index in [4.69, 9.17) is 0 Å². The molecular weight excluding hydrogens is 346 g/mol. The van der Waals surface area contributed by atoms with Gasteiger partial charge in [-0.2, -0.15) is 0 Å². The molecule has 5 rings (SSSR count). The fourth-order valence-electron chi connectivity index (χ4n) is 4.30. The molecule has 0 saturated carbocycles. The summed E-state index contributed by atoms with van der Waals surface area (Å²) in [6, 6.07) is 22.4. The summed E-state index contributed by atoms with van der Waals surface area (Å²) in [5, 5.41) is 7.18. The van der Waals surface area contributed by atoms with Crippen molar-refractivity contribution in [2.45, 2.75) is 18.4 Å². The molecule has 4 heteroatoms. The summed E-state index contributed by atoms with van der Waals surface area (Å²) in [6.07, 6.45) is 6.58. The van der Waals surface area contributed by atoms with E-state index in [1.807, 2.05) is 54.9 Å². The number of aromatic nitrogens is 1. The molecule has 0 amide bonds. The zero-order chi connectivity index (χ0) is 18.9. The van der Waals surface area contributed by atoms with Gasteiger partial charge in [0.15, 0.2) is 12.4 Å². The largest absolute Gasteiger partial charge is 0.375 e. The van der Waals surface area contributed by atoms with Crippen LogP contribution in [0.15, 0.2) is 90.9 Å². The van der Waals surface area contributed by atoms with E-state index in [-0.39, 0.29) is 23.7 Å². The van der Waals surface area contributed by atoms with E-state index in [9.17, 15) is 4.79 Å². The number of carbonyl (C=O) groups is 1. The normalized spacial score (nSPS) is 23.4. The lowest BCUT2D eigenvalue weighted by Gasteiger charge is -2.32. The number of anilines is 2. The van der Waals surface area contributed by atoms with Crippen molar-refractivity contribution in [2.24, 2.45) is 5.92 Å². The third kappa shape index (κ3) is 2.97. The number of pyridine rings is 1. The minimum Gasteiger partial charge on any atom is -0.375 e. The summed E-state index contributed by atoms with van der Waals surface area (Å²) in [6.45, 7) is 0. The van der Waals surface area contributed by atoms with Crippen LogP contribution < -0.4 is 15.6 Å². The van der Waals surface area contributed by atoms with E-state index >= 15 is 0 Å². The van der Waals surface area contributed by atoms with Crippen molar-refractivity contribution in [2.75, 3.05) is 10.6 Å². The molecular formula is C24H22N3O+. The molecule has 2 aromatic carbocycles. The first-order valence-electron chi connectivity index (χ1n) is 9.67. The molecule has 0 fully saturated rings. The average molecular weight is 368 g/mol. The van der Waals surface area contributed by atoms with Gasteiger partial charge in [-0.3, -0.25) is 4.79 Å². The first kappa shape index (κ1) is 16.8. The molecule has 3 unspecified atom stereocenters. The molecule has 138 valence electrons. The smallest absolute Gasteiger partial charge is 0.167 e. The Hall–Kier alpha value is -3.40. The lowest BCUT2D eigenvalue weighted by molar-refractivity contribution is -0.378. The zero-order valence-electron chi connectivity index (χ0n) is 15.4. The maximum Gasteiger partial charge on any atom is 0.167 e. The van der Waals surface area contributed by atoms with E-state index in [1.165, 1.54) is 5.56 Å². The Balaban J connectivity index is 1.63. The van der Waals surface area contributed by atoms with Gasteiger partial charge in [-0.15, -0.1) is 0 Å². The zero-order valence-corrected chi connectivity index (χ0v) is 15.4. The third-order valence-electron chi connectivity index (χ3n) is 5.67. The molecule has 1 aliphatic carbocycles. The van der Waals surface area contributed by atoms with Crippen LogP contribution in [0.4, 0.5) is 11.4 Å². The number of carbonyl (C=O) groups excluding carboxylic acids is 1. The van der Waals surface area contributed by atoms with Gasteiger partial charge in [-0.25, -0.2) is 4.98 Å². The number of hydrogen-bond acceptors (Lipinski definition) is 3. The van der Waals surface area contributed by atoms with Crippen LogP contribution in [0.25, 0.3) is 0 Å². The number of H-pyrrole nitrogens is 1. The van der Waals surface area contributed by atoms with Gasteiger partial charge >= 0.3 is 0 Å². The standard InChI is InChI=1S/C24H21N3O/c28-22-15-18(16-6-2-1-3-7-16)14-21-23(22)24(17-10-12-25-13-11-17)27-20-9-5-4-8-19(20)26-21/h1-14,18,23-24,26-27H,15H2/p+1. The summed E-state index contributed by atoms with van der Waals surface area (Å²) in [7, 11) is 0. The summed E-state index contributed by atoms with van der Waals surface area (Å²) >= 11 is 0. The fraction of sp³-hybridized carbons (Fsp3) is 0.167. The van der Waals surface area contributed by atoms with Crippen molar-refractivity contribution in [1.29, 1.82) is 0 Å². The molecule has 2 aliphatic rings. The quantitative estimate of drug-likeness (QED) is 0.708. The SMILES string of the molecule is O=C1CC(c2ccccc2)C=C2Nc3ccccc3NC(c3cc[nH+]cc3)C12. The molecule has 3 N–H and O–H groups in total. The molecule has 3 atom stereocenters. The molecule has 28 heavy (non-hydrogen) atoms. The van der Waals surface area contributed by atoms with E-state index < -0.39 is 0 Å². The van der Waals surface area contributed by atoms with E-state index in [0.717, 1.165) is 22.6 Å². The summed E-state index contributed by atoms with van der Waals surface area (Å²) in [4.78, 5) is 16.4. The first-order valence-corrected chi connectivity index (χ1v) is 9.67. The first-order chi connectivity index (χ1) is 13.8. The number of allylic oxidation sites excluding steroid dienone is 1. The predicted octanol–water partition coefficient (Wildman–Crippen LogP) is 4.34. The maximum absolute atomic E-state index is 13.4. The lowest BCUT2D eigenvalue weighted by atomic mass is 9.76. The molecule has 0 spiro atoms. The van der Waals surface area contributed by atoms with Crippen LogP contribution in [0.5, 0.6) is 0 Å². The van der Waals surface area contributed by atoms with Crippen LogP contribution in [-0.4, -0.2) is 5.78 Å². The molecule has 0 radical (unpaired) electrons. The summed E-state index contributed by atoms with van der Waals surface area (Å²) in [5.41, 5.74) is 5.28. The van der Waals surface area contributed by atoms with Crippen LogP contribution >= 0.6 is 0 Å². The van der Waals surface area contributed by atoms with E-state index in [2.05, 4.69) is 46.0 Å². The maximum atomic E-state index is 13.4. The van der Waals surface area contributed by atoms with Gasteiger partial charge in [0.1, 0.15) is 5.78 Å². The van der Waals surface area contributed by atoms with Gasteiger partial charge in [0.05, 0.1) is 23.3 Å². The molecule has 1 aliphatic heterocycles. The third-order valence-corrected chi connectivity index (χ3v) is 5.67. The fourth-order valence-corrected chi connectivity index (χ4v) is 4.30. The van der Waals surface area contributed by atoms with Crippen molar-refractivity contribution < 1.29 is 9.78 Å². The second kappa shape index (κ2) is 6.97. The Labute approximate surface area is 164 Å². The number of benzene rings is 2. The average Bonchev–Trinajstić information content (AvgIpc) is 2.92. The van der Waals surface area contributed by atoms with Crippen molar-refractivity contribution >= 4 is 17.2 Å². The van der Waals surface area contributed by atoms with Gasteiger partial charge in [0.2, 0.25) is 0 Å². The van der Waals surface area contributed by atoms with Crippen LogP contribution in [-0.2, 0) is 4.79 Å².